The lowest BCUT2D eigenvalue weighted by atomic mass is 10.3. The summed E-state index contributed by atoms with van der Waals surface area (Å²) in [5.41, 5.74) is 0.712. The van der Waals surface area contributed by atoms with Gasteiger partial charge in [-0.2, -0.15) is 0 Å². The van der Waals surface area contributed by atoms with Crippen molar-refractivity contribution in [2.75, 3.05) is 0 Å². The normalized spacial score (nSPS) is 10.4. The van der Waals surface area contributed by atoms with Crippen LogP contribution in [0.4, 0.5) is 0 Å². The van der Waals surface area contributed by atoms with Gasteiger partial charge in [-0.05, 0) is 56.7 Å². The second-order valence-corrected chi connectivity index (χ2v) is 4.83. The molecular formula is C9H6BrIN2O. The number of imidazole rings is 1. The summed E-state index contributed by atoms with van der Waals surface area (Å²) in [5.74, 6) is 0. The fourth-order valence-electron chi connectivity index (χ4n) is 1.19. The molecule has 0 aliphatic carbocycles. The maximum absolute atomic E-state index is 11.3. The van der Waals surface area contributed by atoms with Gasteiger partial charge >= 0.3 is 5.69 Å². The summed E-state index contributed by atoms with van der Waals surface area (Å²) in [6.45, 7) is 0. The smallest absolute Gasteiger partial charge is 0.312 e. The predicted octanol–water partition coefficient (Wildman–Crippen LogP) is 2.53. The minimum absolute atomic E-state index is 0.132. The van der Waals surface area contributed by atoms with Crippen molar-refractivity contribution in [1.29, 1.82) is 0 Å². The van der Waals surface area contributed by atoms with E-state index in [2.05, 4.69) is 43.5 Å². The Morgan fingerprint density at radius 2 is 2.21 bits per heavy atom. The van der Waals surface area contributed by atoms with Crippen LogP contribution in [0.3, 0.4) is 0 Å². The Bertz CT molecular complexity index is 518. The molecule has 0 aliphatic rings. The lowest BCUT2D eigenvalue weighted by Crippen LogP contribution is -2.14. The lowest BCUT2D eigenvalue weighted by Gasteiger charge is -2.03. The first-order valence-corrected chi connectivity index (χ1v) is 5.77. The molecule has 1 aromatic carbocycles. The van der Waals surface area contributed by atoms with E-state index in [4.69, 9.17) is 0 Å². The van der Waals surface area contributed by atoms with Crippen molar-refractivity contribution in [2.45, 2.75) is 0 Å². The summed E-state index contributed by atoms with van der Waals surface area (Å²) in [7, 11) is 0. The Hall–Kier alpha value is -0.560. The van der Waals surface area contributed by atoms with Crippen LogP contribution < -0.4 is 5.69 Å². The molecule has 0 amide bonds. The Balaban J connectivity index is 2.63. The molecule has 0 atom stereocenters. The van der Waals surface area contributed by atoms with Gasteiger partial charge in [0.15, 0.2) is 0 Å². The number of halogens is 2. The molecule has 14 heavy (non-hydrogen) atoms. The van der Waals surface area contributed by atoms with E-state index in [1.165, 1.54) is 0 Å². The molecule has 3 nitrogen and oxygen atoms in total. The van der Waals surface area contributed by atoms with Crippen LogP contribution >= 0.6 is 38.5 Å². The maximum Gasteiger partial charge on any atom is 0.330 e. The Labute approximate surface area is 102 Å². The number of benzene rings is 1. The van der Waals surface area contributed by atoms with Crippen molar-refractivity contribution >= 4 is 38.5 Å². The standard InChI is InChI=1S/C9H6BrIN2O/c10-7-5-6(11)1-2-8(7)13-4-3-12-9(13)14/h1-5H,(H,12,14). The van der Waals surface area contributed by atoms with E-state index in [0.717, 1.165) is 13.7 Å². The number of H-pyrrole nitrogens is 1. The molecule has 0 radical (unpaired) electrons. The van der Waals surface area contributed by atoms with Crippen LogP contribution in [-0.2, 0) is 0 Å². The average Bonchev–Trinajstić information content (AvgIpc) is 2.52. The molecule has 0 saturated carbocycles. The molecule has 0 aliphatic heterocycles. The number of rotatable bonds is 1. The molecule has 2 aromatic rings. The molecule has 0 spiro atoms. The first-order chi connectivity index (χ1) is 6.68. The molecule has 1 heterocycles. The Kier molecular flexibility index (Phi) is 2.78. The third-order valence-corrected chi connectivity index (χ3v) is 3.12. The van der Waals surface area contributed by atoms with Crippen molar-refractivity contribution in [3.63, 3.8) is 0 Å². The number of hydrogen-bond donors (Lipinski definition) is 1. The van der Waals surface area contributed by atoms with Crippen LogP contribution in [0.1, 0.15) is 0 Å². The highest BCUT2D eigenvalue weighted by molar-refractivity contribution is 14.1. The van der Waals surface area contributed by atoms with Gasteiger partial charge in [0.1, 0.15) is 0 Å². The highest BCUT2D eigenvalue weighted by atomic mass is 127. The molecule has 0 saturated heterocycles. The van der Waals surface area contributed by atoms with E-state index in [0.29, 0.717) is 0 Å². The van der Waals surface area contributed by atoms with Crippen molar-refractivity contribution in [2.24, 2.45) is 0 Å². The quantitative estimate of drug-likeness (QED) is 0.776. The summed E-state index contributed by atoms with van der Waals surface area (Å²) in [6.07, 6.45) is 3.32. The average molecular weight is 365 g/mol. The number of aromatic amines is 1. The zero-order valence-corrected chi connectivity index (χ0v) is 10.7. The molecular weight excluding hydrogens is 359 g/mol. The second-order valence-electron chi connectivity index (χ2n) is 2.73. The lowest BCUT2D eigenvalue weighted by molar-refractivity contribution is 0.981. The fraction of sp³-hybridized carbons (Fsp3) is 0. The summed E-state index contributed by atoms with van der Waals surface area (Å²) >= 11 is 5.65. The van der Waals surface area contributed by atoms with Gasteiger partial charge < -0.3 is 4.98 Å². The van der Waals surface area contributed by atoms with Gasteiger partial charge in [-0.1, -0.05) is 0 Å². The Morgan fingerprint density at radius 1 is 1.43 bits per heavy atom. The van der Waals surface area contributed by atoms with Gasteiger partial charge in [0.2, 0.25) is 0 Å². The first kappa shape index (κ1) is 9.97. The van der Waals surface area contributed by atoms with E-state index in [1.54, 1.807) is 17.0 Å². The van der Waals surface area contributed by atoms with Gasteiger partial charge in [-0.25, -0.2) is 4.79 Å². The van der Waals surface area contributed by atoms with Gasteiger partial charge in [-0.15, -0.1) is 0 Å². The first-order valence-electron chi connectivity index (χ1n) is 3.90. The third-order valence-electron chi connectivity index (χ3n) is 1.82. The van der Waals surface area contributed by atoms with Crippen LogP contribution in [0.5, 0.6) is 0 Å². The second kappa shape index (κ2) is 3.90. The number of aromatic nitrogens is 2. The number of nitrogens with one attached hydrogen (secondary N) is 1. The van der Waals surface area contributed by atoms with Crippen LogP contribution in [0.25, 0.3) is 5.69 Å². The molecule has 1 N–H and O–H groups in total. The predicted molar refractivity (Wildman–Crippen MR) is 66.8 cm³/mol. The van der Waals surface area contributed by atoms with Crippen molar-refractivity contribution in [3.8, 4) is 5.69 Å². The van der Waals surface area contributed by atoms with E-state index in [-0.39, 0.29) is 5.69 Å². The van der Waals surface area contributed by atoms with E-state index in [9.17, 15) is 4.79 Å². The summed E-state index contributed by atoms with van der Waals surface area (Å²) < 4.78 is 3.59. The van der Waals surface area contributed by atoms with E-state index in [1.807, 2.05) is 18.2 Å². The van der Waals surface area contributed by atoms with Crippen LogP contribution in [-0.4, -0.2) is 9.55 Å². The molecule has 0 unspecified atom stereocenters. The molecule has 2 rings (SSSR count). The van der Waals surface area contributed by atoms with Crippen molar-refractivity contribution in [1.82, 2.24) is 9.55 Å². The molecule has 1 aromatic heterocycles. The fourth-order valence-corrected chi connectivity index (χ4v) is 2.68. The molecule has 0 fully saturated rings. The summed E-state index contributed by atoms with van der Waals surface area (Å²) in [4.78, 5) is 13.9. The minimum Gasteiger partial charge on any atom is -0.312 e. The number of nitrogens with zero attached hydrogens (tertiary/aromatic N) is 1. The van der Waals surface area contributed by atoms with Gasteiger partial charge in [-0.3, -0.25) is 4.57 Å². The SMILES string of the molecule is O=c1[nH]ccn1-c1ccc(I)cc1Br. The van der Waals surface area contributed by atoms with Crippen molar-refractivity contribution in [3.05, 3.63) is 49.1 Å². The minimum atomic E-state index is -0.132. The van der Waals surface area contributed by atoms with Gasteiger partial charge in [0.25, 0.3) is 0 Å². The third kappa shape index (κ3) is 1.78. The van der Waals surface area contributed by atoms with Crippen LogP contribution in [0, 0.1) is 3.57 Å². The van der Waals surface area contributed by atoms with Crippen LogP contribution in [0.2, 0.25) is 0 Å². The maximum atomic E-state index is 11.3. The highest BCUT2D eigenvalue weighted by Crippen LogP contribution is 2.21. The van der Waals surface area contributed by atoms with Gasteiger partial charge in [0.05, 0.1) is 5.69 Å². The Morgan fingerprint density at radius 3 is 2.79 bits per heavy atom. The number of hydrogen-bond acceptors (Lipinski definition) is 1. The topological polar surface area (TPSA) is 37.8 Å². The zero-order valence-electron chi connectivity index (χ0n) is 7.00. The molecule has 5 heteroatoms. The van der Waals surface area contributed by atoms with Crippen molar-refractivity contribution < 1.29 is 0 Å². The zero-order chi connectivity index (χ0) is 10.1. The van der Waals surface area contributed by atoms with E-state index >= 15 is 0 Å². The van der Waals surface area contributed by atoms with Gasteiger partial charge in [0, 0.05) is 20.4 Å². The van der Waals surface area contributed by atoms with Crippen LogP contribution in [0.15, 0.2) is 39.9 Å². The summed E-state index contributed by atoms with van der Waals surface area (Å²) in [6, 6.07) is 5.83. The summed E-state index contributed by atoms with van der Waals surface area (Å²) in [5, 5.41) is 0. The largest absolute Gasteiger partial charge is 0.330 e. The highest BCUT2D eigenvalue weighted by Gasteiger charge is 2.04. The molecule has 72 valence electrons. The molecule has 0 bridgehead atoms. The van der Waals surface area contributed by atoms with E-state index < -0.39 is 0 Å². The monoisotopic (exact) mass is 364 g/mol.